The zero-order chi connectivity index (χ0) is 15.3. The van der Waals surface area contributed by atoms with Crippen molar-refractivity contribution in [2.24, 2.45) is 5.73 Å². The van der Waals surface area contributed by atoms with Crippen LogP contribution in [-0.2, 0) is 10.9 Å². The molecule has 2 N–H and O–H groups in total. The molecule has 0 atom stereocenters. The second-order valence-electron chi connectivity index (χ2n) is 4.36. The molecule has 3 nitrogen and oxygen atoms in total. The van der Waals surface area contributed by atoms with Gasteiger partial charge in [0.1, 0.15) is 4.99 Å². The zero-order valence-electron chi connectivity index (χ0n) is 11.3. The van der Waals surface area contributed by atoms with Crippen LogP contribution in [0.2, 0.25) is 0 Å². The van der Waals surface area contributed by atoms with Crippen LogP contribution in [0.25, 0.3) is 0 Å². The summed E-state index contributed by atoms with van der Waals surface area (Å²) in [5.74, 6) is 0. The number of methoxy groups -OCH3 is 1. The summed E-state index contributed by atoms with van der Waals surface area (Å²) in [6.45, 7) is 1.21. The molecular formula is C13H17F3N2OS. The van der Waals surface area contributed by atoms with Crippen LogP contribution in [0, 0.1) is 0 Å². The fourth-order valence-electron chi connectivity index (χ4n) is 1.81. The third-order valence-corrected chi connectivity index (χ3v) is 3.06. The Morgan fingerprint density at radius 3 is 2.55 bits per heavy atom. The first-order valence-corrected chi connectivity index (χ1v) is 6.39. The molecule has 0 unspecified atom stereocenters. The quantitative estimate of drug-likeness (QED) is 0.648. The van der Waals surface area contributed by atoms with Crippen molar-refractivity contribution >= 4 is 22.9 Å². The van der Waals surface area contributed by atoms with E-state index in [1.807, 2.05) is 4.90 Å². The molecule has 0 radical (unpaired) electrons. The molecule has 0 amide bonds. The topological polar surface area (TPSA) is 38.5 Å². The molecule has 1 aromatic rings. The van der Waals surface area contributed by atoms with Gasteiger partial charge in [0, 0.05) is 38.6 Å². The van der Waals surface area contributed by atoms with Crippen LogP contribution in [-0.4, -0.2) is 32.3 Å². The number of alkyl halides is 3. The van der Waals surface area contributed by atoms with E-state index in [4.69, 9.17) is 22.7 Å². The molecule has 0 spiro atoms. The van der Waals surface area contributed by atoms with Gasteiger partial charge in [-0.15, -0.1) is 0 Å². The number of rotatable bonds is 6. The van der Waals surface area contributed by atoms with Crippen molar-refractivity contribution in [2.45, 2.75) is 12.6 Å². The molecule has 0 aliphatic heterocycles. The van der Waals surface area contributed by atoms with Crippen LogP contribution in [0.15, 0.2) is 18.2 Å². The predicted octanol–water partition coefficient (Wildman–Crippen LogP) is 2.81. The van der Waals surface area contributed by atoms with Gasteiger partial charge in [0.05, 0.1) is 5.56 Å². The summed E-state index contributed by atoms with van der Waals surface area (Å²) in [5, 5.41) is 0. The molecule has 1 rings (SSSR count). The van der Waals surface area contributed by atoms with Gasteiger partial charge in [-0.25, -0.2) is 0 Å². The number of hydrogen-bond donors (Lipinski definition) is 1. The lowest BCUT2D eigenvalue weighted by Gasteiger charge is -2.23. The molecule has 0 aliphatic carbocycles. The number of benzene rings is 1. The number of nitrogens with zero attached hydrogens (tertiary/aromatic N) is 1. The molecule has 0 saturated carbocycles. The minimum Gasteiger partial charge on any atom is -0.389 e. The third-order valence-electron chi connectivity index (χ3n) is 2.84. The Bertz CT molecular complexity index is 477. The Morgan fingerprint density at radius 1 is 1.40 bits per heavy atom. The smallest absolute Gasteiger partial charge is 0.389 e. The van der Waals surface area contributed by atoms with Crippen LogP contribution < -0.4 is 10.6 Å². The summed E-state index contributed by atoms with van der Waals surface area (Å²) in [4.78, 5) is 1.76. The van der Waals surface area contributed by atoms with Gasteiger partial charge >= 0.3 is 6.18 Å². The van der Waals surface area contributed by atoms with Crippen molar-refractivity contribution in [3.63, 3.8) is 0 Å². The van der Waals surface area contributed by atoms with E-state index < -0.39 is 11.7 Å². The van der Waals surface area contributed by atoms with Gasteiger partial charge < -0.3 is 15.4 Å². The fraction of sp³-hybridized carbons (Fsp3) is 0.462. The standard InChI is InChI=1S/C13H17F3N2OS/c1-18(6-3-7-19-2)11-5-4-9(13(14,15)16)8-10(11)12(17)20/h4-5,8H,3,6-7H2,1-2H3,(H2,17,20). The number of nitrogens with two attached hydrogens (primary N) is 1. The van der Waals surface area contributed by atoms with E-state index in [1.54, 1.807) is 14.2 Å². The van der Waals surface area contributed by atoms with Gasteiger partial charge in [0.25, 0.3) is 0 Å². The van der Waals surface area contributed by atoms with Crippen molar-refractivity contribution in [3.8, 4) is 0 Å². The summed E-state index contributed by atoms with van der Waals surface area (Å²) in [6, 6.07) is 3.42. The molecule has 0 aliphatic rings. The van der Waals surface area contributed by atoms with Crippen molar-refractivity contribution in [1.29, 1.82) is 0 Å². The maximum Gasteiger partial charge on any atom is 0.416 e. The highest BCUT2D eigenvalue weighted by atomic mass is 32.1. The number of thiocarbonyl (C=S) groups is 1. The molecule has 1 aromatic carbocycles. The number of hydrogen-bond acceptors (Lipinski definition) is 3. The average Bonchev–Trinajstić information content (AvgIpc) is 2.37. The minimum atomic E-state index is -4.41. The Labute approximate surface area is 121 Å². The molecular weight excluding hydrogens is 289 g/mol. The highest BCUT2D eigenvalue weighted by Gasteiger charge is 2.31. The van der Waals surface area contributed by atoms with E-state index in [0.29, 0.717) is 18.8 Å². The van der Waals surface area contributed by atoms with Crippen molar-refractivity contribution in [2.75, 3.05) is 32.2 Å². The minimum absolute atomic E-state index is 0.0512. The lowest BCUT2D eigenvalue weighted by atomic mass is 10.1. The molecule has 0 aromatic heterocycles. The predicted molar refractivity (Wildman–Crippen MR) is 77.1 cm³/mol. The van der Waals surface area contributed by atoms with E-state index >= 15 is 0 Å². The Balaban J connectivity index is 3.04. The zero-order valence-corrected chi connectivity index (χ0v) is 12.1. The highest BCUT2D eigenvalue weighted by molar-refractivity contribution is 7.80. The van der Waals surface area contributed by atoms with Gasteiger partial charge in [-0.1, -0.05) is 12.2 Å². The SMILES string of the molecule is COCCCN(C)c1ccc(C(F)(F)F)cc1C(N)=S. The summed E-state index contributed by atoms with van der Waals surface area (Å²) in [5.41, 5.74) is 5.59. The first-order valence-electron chi connectivity index (χ1n) is 5.98. The molecule has 0 fully saturated rings. The third kappa shape index (κ3) is 4.35. The monoisotopic (exact) mass is 306 g/mol. The molecule has 20 heavy (non-hydrogen) atoms. The van der Waals surface area contributed by atoms with Crippen LogP contribution in [0.1, 0.15) is 17.5 Å². The highest BCUT2D eigenvalue weighted by Crippen LogP contribution is 2.32. The fourth-order valence-corrected chi connectivity index (χ4v) is 1.97. The molecule has 7 heteroatoms. The largest absolute Gasteiger partial charge is 0.416 e. The first kappa shape index (κ1) is 16.7. The Morgan fingerprint density at radius 2 is 2.05 bits per heavy atom. The average molecular weight is 306 g/mol. The number of halogens is 3. The van der Waals surface area contributed by atoms with Gasteiger partial charge in [0.15, 0.2) is 0 Å². The summed E-state index contributed by atoms with van der Waals surface area (Å²) in [6.07, 6.45) is -3.66. The van der Waals surface area contributed by atoms with E-state index in [9.17, 15) is 13.2 Å². The van der Waals surface area contributed by atoms with Crippen molar-refractivity contribution in [3.05, 3.63) is 29.3 Å². The van der Waals surface area contributed by atoms with E-state index in [0.717, 1.165) is 18.6 Å². The summed E-state index contributed by atoms with van der Waals surface area (Å²) < 4.78 is 43.0. The maximum absolute atomic E-state index is 12.7. The summed E-state index contributed by atoms with van der Waals surface area (Å²) >= 11 is 4.85. The molecule has 112 valence electrons. The van der Waals surface area contributed by atoms with E-state index in [2.05, 4.69) is 0 Å². The molecule has 0 heterocycles. The van der Waals surface area contributed by atoms with Crippen LogP contribution >= 0.6 is 12.2 Å². The van der Waals surface area contributed by atoms with Crippen molar-refractivity contribution in [1.82, 2.24) is 0 Å². The lowest BCUT2D eigenvalue weighted by molar-refractivity contribution is -0.137. The second kappa shape index (κ2) is 6.90. The maximum atomic E-state index is 12.7. The van der Waals surface area contributed by atoms with Crippen molar-refractivity contribution < 1.29 is 17.9 Å². The number of anilines is 1. The van der Waals surface area contributed by atoms with E-state index in [-0.39, 0.29) is 10.6 Å². The first-order chi connectivity index (χ1) is 9.27. The Kier molecular flexibility index (Phi) is 5.76. The second-order valence-corrected chi connectivity index (χ2v) is 4.80. The number of ether oxygens (including phenoxy) is 1. The van der Waals surface area contributed by atoms with Gasteiger partial charge in [-0.05, 0) is 24.6 Å². The molecule has 0 saturated heterocycles. The van der Waals surface area contributed by atoms with E-state index in [1.165, 1.54) is 6.07 Å². The van der Waals surface area contributed by atoms with Gasteiger partial charge in [-0.3, -0.25) is 0 Å². The summed E-state index contributed by atoms with van der Waals surface area (Å²) in [7, 11) is 3.37. The van der Waals surface area contributed by atoms with Crippen LogP contribution in [0.4, 0.5) is 18.9 Å². The lowest BCUT2D eigenvalue weighted by Crippen LogP contribution is -2.24. The van der Waals surface area contributed by atoms with Gasteiger partial charge in [0.2, 0.25) is 0 Å². The molecule has 0 bridgehead atoms. The van der Waals surface area contributed by atoms with Crippen LogP contribution in [0.3, 0.4) is 0 Å². The Hall–Kier alpha value is -1.34. The van der Waals surface area contributed by atoms with Crippen LogP contribution in [0.5, 0.6) is 0 Å². The normalized spacial score (nSPS) is 11.4. The van der Waals surface area contributed by atoms with Gasteiger partial charge in [-0.2, -0.15) is 13.2 Å².